The van der Waals surface area contributed by atoms with Gasteiger partial charge in [-0.3, -0.25) is 4.79 Å². The molecule has 5 nitrogen and oxygen atoms in total. The molecule has 1 N–H and O–H groups in total. The number of imidazole rings is 1. The third-order valence-corrected chi connectivity index (χ3v) is 4.62. The van der Waals surface area contributed by atoms with Crippen molar-refractivity contribution in [3.8, 4) is 0 Å². The van der Waals surface area contributed by atoms with E-state index < -0.39 is 0 Å². The van der Waals surface area contributed by atoms with Crippen molar-refractivity contribution in [3.63, 3.8) is 0 Å². The predicted molar refractivity (Wildman–Crippen MR) is 96.2 cm³/mol. The fourth-order valence-corrected chi connectivity index (χ4v) is 3.01. The quantitative estimate of drug-likeness (QED) is 0.702. The molecule has 3 heterocycles. The molecule has 0 radical (unpaired) electrons. The Hall–Kier alpha value is -2.82. The van der Waals surface area contributed by atoms with E-state index in [2.05, 4.69) is 17.2 Å². The Labute approximate surface area is 146 Å². The Kier molecular flexibility index (Phi) is 4.14. The highest BCUT2D eigenvalue weighted by Gasteiger charge is 2.36. The summed E-state index contributed by atoms with van der Waals surface area (Å²) in [4.78, 5) is 16.4. The summed E-state index contributed by atoms with van der Waals surface area (Å²) in [5.74, 6) is 2.90. The molecule has 1 saturated carbocycles. The van der Waals surface area contributed by atoms with Crippen LogP contribution in [0.15, 0.2) is 53.2 Å². The molecule has 1 amide bonds. The maximum atomic E-state index is 11.9. The Balaban J connectivity index is 1.26. The monoisotopic (exact) mass is 335 g/mol. The van der Waals surface area contributed by atoms with E-state index in [9.17, 15) is 4.79 Å². The summed E-state index contributed by atoms with van der Waals surface area (Å²) in [5.41, 5.74) is 1.88. The number of carbonyl (C=O) groups excluding carboxylic acids is 1. The number of hydrogen-bond donors (Lipinski definition) is 1. The van der Waals surface area contributed by atoms with Crippen molar-refractivity contribution in [3.05, 3.63) is 66.0 Å². The number of furan rings is 1. The van der Waals surface area contributed by atoms with E-state index in [4.69, 9.17) is 4.42 Å². The lowest BCUT2D eigenvalue weighted by Crippen LogP contribution is -2.23. The zero-order valence-electron chi connectivity index (χ0n) is 14.2. The molecule has 0 aliphatic heterocycles. The minimum Gasteiger partial charge on any atom is -0.461 e. The first-order valence-corrected chi connectivity index (χ1v) is 8.67. The van der Waals surface area contributed by atoms with Gasteiger partial charge in [0.2, 0.25) is 5.91 Å². The van der Waals surface area contributed by atoms with E-state index in [0.717, 1.165) is 22.9 Å². The molecule has 128 valence electrons. The van der Waals surface area contributed by atoms with Crippen molar-refractivity contribution < 1.29 is 9.21 Å². The van der Waals surface area contributed by atoms with E-state index in [-0.39, 0.29) is 5.91 Å². The van der Waals surface area contributed by atoms with Crippen LogP contribution in [-0.2, 0) is 11.2 Å². The number of hydrogen-bond acceptors (Lipinski definition) is 3. The lowest BCUT2D eigenvalue weighted by atomic mass is 10.3. The lowest BCUT2D eigenvalue weighted by molar-refractivity contribution is -0.116. The van der Waals surface area contributed by atoms with Crippen molar-refractivity contribution in [2.45, 2.75) is 25.7 Å². The van der Waals surface area contributed by atoms with Gasteiger partial charge in [0.25, 0.3) is 0 Å². The molecule has 1 aliphatic carbocycles. The minimum absolute atomic E-state index is 0.124. The second-order valence-electron chi connectivity index (χ2n) is 6.63. The van der Waals surface area contributed by atoms with E-state index in [1.807, 2.05) is 47.1 Å². The molecule has 3 aromatic rings. The van der Waals surface area contributed by atoms with Crippen molar-refractivity contribution in [1.29, 1.82) is 0 Å². The van der Waals surface area contributed by atoms with Crippen LogP contribution < -0.4 is 5.32 Å². The third-order valence-electron chi connectivity index (χ3n) is 4.62. The highest BCUT2D eigenvalue weighted by atomic mass is 16.3. The summed E-state index contributed by atoms with van der Waals surface area (Å²) in [6.07, 6.45) is 9.08. The Morgan fingerprint density at radius 3 is 3.08 bits per heavy atom. The molecule has 0 bridgehead atoms. The number of nitrogens with zero attached hydrogens (tertiary/aromatic N) is 2. The second-order valence-corrected chi connectivity index (χ2v) is 6.63. The number of rotatable bonds is 6. The van der Waals surface area contributed by atoms with E-state index in [1.54, 1.807) is 6.08 Å². The van der Waals surface area contributed by atoms with Gasteiger partial charge in [0.15, 0.2) is 0 Å². The van der Waals surface area contributed by atoms with Crippen LogP contribution in [0.2, 0.25) is 0 Å². The van der Waals surface area contributed by atoms with E-state index in [1.165, 1.54) is 12.5 Å². The first-order valence-electron chi connectivity index (χ1n) is 8.67. The van der Waals surface area contributed by atoms with Gasteiger partial charge in [0.1, 0.15) is 17.2 Å². The van der Waals surface area contributed by atoms with Gasteiger partial charge in [-0.25, -0.2) is 4.98 Å². The molecule has 0 aromatic carbocycles. The fraction of sp³-hybridized carbons (Fsp3) is 0.300. The van der Waals surface area contributed by atoms with Crippen LogP contribution in [0, 0.1) is 5.92 Å². The fourth-order valence-electron chi connectivity index (χ4n) is 3.01. The smallest absolute Gasteiger partial charge is 0.244 e. The number of nitrogens with one attached hydrogen (secondary N) is 1. The van der Waals surface area contributed by atoms with Gasteiger partial charge >= 0.3 is 0 Å². The maximum absolute atomic E-state index is 11.9. The van der Waals surface area contributed by atoms with Crippen molar-refractivity contribution in [1.82, 2.24) is 14.7 Å². The molecule has 3 aromatic heterocycles. The summed E-state index contributed by atoms with van der Waals surface area (Å²) in [6, 6.07) is 9.82. The average molecular weight is 335 g/mol. The standard InChI is InChI=1S/C20H21N3O2/c1-14-12-17(14)18-7-5-16(25-18)6-8-20(24)21-10-9-15-13-23-11-3-2-4-19(23)22-15/h2-8,11,13-14,17H,9-10,12H2,1H3,(H,21,24)/b8-6+. The van der Waals surface area contributed by atoms with Gasteiger partial charge < -0.3 is 14.1 Å². The van der Waals surface area contributed by atoms with Crippen molar-refractivity contribution in [2.24, 2.45) is 5.92 Å². The first-order chi connectivity index (χ1) is 12.2. The summed E-state index contributed by atoms with van der Waals surface area (Å²) >= 11 is 0. The predicted octanol–water partition coefficient (Wildman–Crippen LogP) is 3.42. The van der Waals surface area contributed by atoms with Crippen LogP contribution >= 0.6 is 0 Å². The molecular formula is C20H21N3O2. The SMILES string of the molecule is CC1CC1c1ccc(/C=C/C(=O)NCCc2cn3ccccc3n2)o1. The highest BCUT2D eigenvalue weighted by molar-refractivity contribution is 5.91. The molecule has 1 fully saturated rings. The zero-order valence-corrected chi connectivity index (χ0v) is 14.2. The number of aromatic nitrogens is 2. The van der Waals surface area contributed by atoms with Gasteiger partial charge in [-0.15, -0.1) is 0 Å². The first kappa shape index (κ1) is 15.7. The second kappa shape index (κ2) is 6.59. The van der Waals surface area contributed by atoms with Crippen LogP contribution in [0.4, 0.5) is 0 Å². The molecule has 5 heteroatoms. The maximum Gasteiger partial charge on any atom is 0.244 e. The van der Waals surface area contributed by atoms with Crippen molar-refractivity contribution in [2.75, 3.05) is 6.54 Å². The molecule has 25 heavy (non-hydrogen) atoms. The largest absolute Gasteiger partial charge is 0.461 e. The highest BCUT2D eigenvalue weighted by Crippen LogP contribution is 2.47. The zero-order chi connectivity index (χ0) is 17.2. The third kappa shape index (κ3) is 3.65. The molecule has 0 saturated heterocycles. The van der Waals surface area contributed by atoms with Crippen LogP contribution in [-0.4, -0.2) is 21.8 Å². The summed E-state index contributed by atoms with van der Waals surface area (Å²) < 4.78 is 7.73. The van der Waals surface area contributed by atoms with Crippen LogP contribution in [0.3, 0.4) is 0 Å². The molecular weight excluding hydrogens is 314 g/mol. The van der Waals surface area contributed by atoms with Gasteiger partial charge in [-0.2, -0.15) is 0 Å². The topological polar surface area (TPSA) is 59.5 Å². The molecule has 2 atom stereocenters. The van der Waals surface area contributed by atoms with Gasteiger partial charge in [0, 0.05) is 37.4 Å². The molecule has 1 aliphatic rings. The van der Waals surface area contributed by atoms with E-state index in [0.29, 0.717) is 24.8 Å². The van der Waals surface area contributed by atoms with Gasteiger partial charge in [-0.1, -0.05) is 13.0 Å². The summed E-state index contributed by atoms with van der Waals surface area (Å²) in [7, 11) is 0. The number of carbonyl (C=O) groups is 1. The summed E-state index contributed by atoms with van der Waals surface area (Å²) in [5, 5.41) is 2.88. The normalized spacial score (nSPS) is 19.6. The summed E-state index contributed by atoms with van der Waals surface area (Å²) in [6.45, 7) is 2.77. The van der Waals surface area contributed by atoms with Crippen LogP contribution in [0.5, 0.6) is 0 Å². The minimum atomic E-state index is -0.124. The molecule has 2 unspecified atom stereocenters. The Morgan fingerprint density at radius 1 is 1.40 bits per heavy atom. The number of pyridine rings is 1. The lowest BCUT2D eigenvalue weighted by Gasteiger charge is -1.99. The number of amides is 1. The Bertz CT molecular complexity index is 889. The molecule has 4 rings (SSSR count). The average Bonchev–Trinajstić information content (AvgIpc) is 3.02. The van der Waals surface area contributed by atoms with E-state index >= 15 is 0 Å². The van der Waals surface area contributed by atoms with Crippen molar-refractivity contribution >= 4 is 17.6 Å². The number of fused-ring (bicyclic) bond motifs is 1. The Morgan fingerprint density at radius 2 is 2.28 bits per heavy atom. The van der Waals surface area contributed by atoms with Gasteiger partial charge in [0.05, 0.1) is 5.69 Å². The molecule has 0 spiro atoms. The van der Waals surface area contributed by atoms with Gasteiger partial charge in [-0.05, 0) is 42.7 Å². The van der Waals surface area contributed by atoms with Crippen LogP contribution in [0.25, 0.3) is 11.7 Å². The van der Waals surface area contributed by atoms with Crippen LogP contribution in [0.1, 0.15) is 36.5 Å².